The van der Waals surface area contributed by atoms with Crippen LogP contribution in [0.4, 0.5) is 5.69 Å². The van der Waals surface area contributed by atoms with E-state index in [-0.39, 0.29) is 12.3 Å². The first-order valence-corrected chi connectivity index (χ1v) is 7.95. The van der Waals surface area contributed by atoms with Crippen LogP contribution in [0.5, 0.6) is 17.2 Å². The van der Waals surface area contributed by atoms with Crippen molar-refractivity contribution < 1.29 is 23.5 Å². The number of nitrogens with zero attached hydrogens (tertiary/aromatic N) is 1. The highest BCUT2D eigenvalue weighted by atomic mass is 16.5. The third kappa shape index (κ3) is 2.63. The lowest BCUT2D eigenvalue weighted by Gasteiger charge is -2.16. The summed E-state index contributed by atoms with van der Waals surface area (Å²) in [6.45, 7) is 0.221. The molecule has 0 bridgehead atoms. The maximum Gasteiger partial charge on any atom is 0.278 e. The minimum absolute atomic E-state index is 0.187. The summed E-state index contributed by atoms with van der Waals surface area (Å²) in [7, 11) is 3.08. The predicted molar refractivity (Wildman–Crippen MR) is 93.8 cm³/mol. The molecule has 0 saturated heterocycles. The smallest absolute Gasteiger partial charge is 0.278 e. The lowest BCUT2D eigenvalue weighted by molar-refractivity contribution is 0.101. The van der Waals surface area contributed by atoms with Gasteiger partial charge in [0.2, 0.25) is 0 Å². The van der Waals surface area contributed by atoms with Gasteiger partial charge >= 0.3 is 0 Å². The number of carbonyl (C=O) groups is 1. The normalized spacial score (nSPS) is 11.8. The van der Waals surface area contributed by atoms with Gasteiger partial charge in [0, 0.05) is 6.07 Å². The number of methoxy groups -OCH3 is 2. The molecule has 1 aliphatic heterocycles. The third-order valence-corrected chi connectivity index (χ3v) is 4.16. The number of rotatable bonds is 4. The van der Waals surface area contributed by atoms with E-state index in [9.17, 15) is 4.79 Å². The van der Waals surface area contributed by atoms with Gasteiger partial charge in [0.05, 0.1) is 31.0 Å². The molecular weight excluding hydrogens is 336 g/mol. The molecule has 0 fully saturated rings. The summed E-state index contributed by atoms with van der Waals surface area (Å²) in [5.41, 5.74) is 2.09. The monoisotopic (exact) mass is 352 g/mol. The molecule has 1 N–H and O–H groups in total. The van der Waals surface area contributed by atoms with Crippen molar-refractivity contribution in [1.29, 1.82) is 0 Å². The number of amides is 1. The highest BCUT2D eigenvalue weighted by Crippen LogP contribution is 2.39. The molecule has 4 rings (SSSR count). The first-order valence-electron chi connectivity index (χ1n) is 7.95. The van der Waals surface area contributed by atoms with Gasteiger partial charge < -0.3 is 24.1 Å². The Morgan fingerprint density at radius 1 is 1.15 bits per heavy atom. The van der Waals surface area contributed by atoms with Crippen LogP contribution in [0.15, 0.2) is 47.0 Å². The number of carbonyl (C=O) groups excluding carboxylic acids is 1. The fourth-order valence-corrected chi connectivity index (χ4v) is 2.85. The van der Waals surface area contributed by atoms with E-state index in [1.807, 2.05) is 24.3 Å². The predicted octanol–water partition coefficient (Wildman–Crippen LogP) is 3.50. The molecule has 7 nitrogen and oxygen atoms in total. The van der Waals surface area contributed by atoms with E-state index in [0.29, 0.717) is 34.3 Å². The van der Waals surface area contributed by atoms with E-state index in [1.165, 1.54) is 7.11 Å². The van der Waals surface area contributed by atoms with Crippen LogP contribution in [0, 0.1) is 0 Å². The number of aromatic nitrogens is 1. The molecule has 0 spiro atoms. The van der Waals surface area contributed by atoms with Gasteiger partial charge in [0.25, 0.3) is 5.91 Å². The molecular formula is C19H16N2O5. The summed E-state index contributed by atoms with van der Waals surface area (Å²) in [6.07, 6.45) is 0. The molecule has 1 aliphatic rings. The van der Waals surface area contributed by atoms with Gasteiger partial charge in [-0.05, 0) is 24.3 Å². The van der Waals surface area contributed by atoms with Gasteiger partial charge in [-0.15, -0.1) is 0 Å². The number of para-hydroxylation sites is 1. The number of ether oxygens (including phenoxy) is 3. The zero-order valence-corrected chi connectivity index (χ0v) is 14.2. The van der Waals surface area contributed by atoms with Crippen LogP contribution in [0.3, 0.4) is 0 Å². The summed E-state index contributed by atoms with van der Waals surface area (Å²) in [6, 6.07) is 12.6. The number of hydrogen-bond donors (Lipinski definition) is 1. The largest absolute Gasteiger partial charge is 0.497 e. The van der Waals surface area contributed by atoms with E-state index in [1.54, 1.807) is 25.3 Å². The second-order valence-electron chi connectivity index (χ2n) is 5.64. The van der Waals surface area contributed by atoms with Crippen molar-refractivity contribution >= 4 is 11.6 Å². The maximum absolute atomic E-state index is 12.7. The number of nitrogens with one attached hydrogen (secondary N) is 1. The van der Waals surface area contributed by atoms with Crippen LogP contribution in [-0.4, -0.2) is 25.3 Å². The minimum Gasteiger partial charge on any atom is -0.497 e. The molecule has 1 aromatic heterocycles. The Morgan fingerprint density at radius 3 is 2.81 bits per heavy atom. The average molecular weight is 352 g/mol. The molecule has 0 aliphatic carbocycles. The molecule has 26 heavy (non-hydrogen) atoms. The van der Waals surface area contributed by atoms with Crippen molar-refractivity contribution in [2.75, 3.05) is 19.5 Å². The van der Waals surface area contributed by atoms with E-state index in [0.717, 1.165) is 5.56 Å². The topological polar surface area (TPSA) is 82.8 Å². The molecule has 0 unspecified atom stereocenters. The summed E-state index contributed by atoms with van der Waals surface area (Å²) in [4.78, 5) is 12.7. The van der Waals surface area contributed by atoms with Crippen molar-refractivity contribution in [2.24, 2.45) is 0 Å². The Labute approximate surface area is 149 Å². The van der Waals surface area contributed by atoms with Crippen molar-refractivity contribution in [1.82, 2.24) is 5.16 Å². The zero-order valence-electron chi connectivity index (χ0n) is 14.2. The van der Waals surface area contributed by atoms with Gasteiger partial charge in [-0.1, -0.05) is 17.3 Å². The number of anilines is 1. The van der Waals surface area contributed by atoms with E-state index < -0.39 is 5.91 Å². The molecule has 2 aromatic carbocycles. The van der Waals surface area contributed by atoms with Gasteiger partial charge in [0.1, 0.15) is 23.9 Å². The van der Waals surface area contributed by atoms with Crippen LogP contribution in [-0.2, 0) is 6.61 Å². The summed E-state index contributed by atoms with van der Waals surface area (Å²) in [5.74, 6) is 1.97. The fourth-order valence-electron chi connectivity index (χ4n) is 2.85. The van der Waals surface area contributed by atoms with Gasteiger partial charge in [-0.2, -0.15) is 0 Å². The van der Waals surface area contributed by atoms with Crippen molar-refractivity contribution in [2.45, 2.75) is 6.61 Å². The molecule has 2 heterocycles. The highest BCUT2D eigenvalue weighted by Gasteiger charge is 2.29. The van der Waals surface area contributed by atoms with E-state index in [2.05, 4.69) is 10.5 Å². The molecule has 0 radical (unpaired) electrons. The van der Waals surface area contributed by atoms with Gasteiger partial charge in [-0.25, -0.2) is 0 Å². The average Bonchev–Trinajstić information content (AvgIpc) is 3.13. The quantitative estimate of drug-likeness (QED) is 0.774. The zero-order chi connectivity index (χ0) is 18.1. The summed E-state index contributed by atoms with van der Waals surface area (Å²) in [5, 5.41) is 6.74. The third-order valence-electron chi connectivity index (χ3n) is 4.16. The van der Waals surface area contributed by atoms with Gasteiger partial charge in [-0.3, -0.25) is 4.79 Å². The molecule has 1 amide bonds. The second-order valence-corrected chi connectivity index (χ2v) is 5.64. The number of benzene rings is 2. The van der Waals surface area contributed by atoms with Crippen molar-refractivity contribution in [3.8, 4) is 28.6 Å². The molecule has 0 saturated carbocycles. The minimum atomic E-state index is -0.401. The fraction of sp³-hybridized carbons (Fsp3) is 0.158. The van der Waals surface area contributed by atoms with Crippen LogP contribution in [0.1, 0.15) is 16.1 Å². The second kappa shape index (κ2) is 6.44. The number of fused-ring (bicyclic) bond motifs is 3. The molecule has 0 atom stereocenters. The SMILES string of the molecule is COc1ccc(NC(=O)c2noc3c2COc2ccccc2-3)c(OC)c1. The summed E-state index contributed by atoms with van der Waals surface area (Å²) >= 11 is 0. The Bertz CT molecular complexity index is 980. The summed E-state index contributed by atoms with van der Waals surface area (Å²) < 4.78 is 21.6. The lowest BCUT2D eigenvalue weighted by Crippen LogP contribution is -2.16. The lowest BCUT2D eigenvalue weighted by atomic mass is 10.0. The Kier molecular flexibility index (Phi) is 3.96. The molecule has 132 valence electrons. The first kappa shape index (κ1) is 16.0. The Balaban J connectivity index is 1.64. The van der Waals surface area contributed by atoms with Crippen LogP contribution >= 0.6 is 0 Å². The first-order chi connectivity index (χ1) is 12.7. The maximum atomic E-state index is 12.7. The van der Waals surface area contributed by atoms with E-state index >= 15 is 0 Å². The van der Waals surface area contributed by atoms with E-state index in [4.69, 9.17) is 18.7 Å². The van der Waals surface area contributed by atoms with Crippen LogP contribution in [0.2, 0.25) is 0 Å². The Morgan fingerprint density at radius 2 is 2.00 bits per heavy atom. The Hall–Kier alpha value is -3.48. The number of hydrogen-bond acceptors (Lipinski definition) is 6. The molecule has 7 heteroatoms. The van der Waals surface area contributed by atoms with Crippen molar-refractivity contribution in [3.63, 3.8) is 0 Å². The van der Waals surface area contributed by atoms with Crippen LogP contribution in [0.25, 0.3) is 11.3 Å². The standard InChI is InChI=1S/C19H16N2O5/c1-23-11-7-8-14(16(9-11)24-2)20-19(22)17-13-10-25-15-6-4-3-5-12(15)18(13)26-21-17/h3-9H,10H2,1-2H3,(H,20,22). The highest BCUT2D eigenvalue weighted by molar-refractivity contribution is 6.05. The van der Waals surface area contributed by atoms with Gasteiger partial charge in [0.15, 0.2) is 11.5 Å². The van der Waals surface area contributed by atoms with Crippen LogP contribution < -0.4 is 19.5 Å². The molecule has 3 aromatic rings. The van der Waals surface area contributed by atoms with Crippen molar-refractivity contribution in [3.05, 3.63) is 53.7 Å².